The van der Waals surface area contributed by atoms with Gasteiger partial charge in [0.2, 0.25) is 11.7 Å². The van der Waals surface area contributed by atoms with Crippen LogP contribution in [0, 0.1) is 0 Å². The number of carbonyl (C=O) groups is 1. The van der Waals surface area contributed by atoms with Gasteiger partial charge in [-0.2, -0.15) is 0 Å². The van der Waals surface area contributed by atoms with Crippen LogP contribution >= 0.6 is 0 Å². The Hall–Kier alpha value is -3.67. The average molecular weight is 421 g/mol. The smallest absolute Gasteiger partial charge is 0.242 e. The van der Waals surface area contributed by atoms with Crippen molar-refractivity contribution in [3.05, 3.63) is 83.9 Å². The number of rotatable bonds is 9. The summed E-state index contributed by atoms with van der Waals surface area (Å²) in [5, 5.41) is 6.38. The molecule has 0 bridgehead atoms. The van der Waals surface area contributed by atoms with Gasteiger partial charge >= 0.3 is 0 Å². The van der Waals surface area contributed by atoms with E-state index < -0.39 is 6.04 Å². The molecule has 0 saturated heterocycles. The third-order valence-electron chi connectivity index (χ3n) is 4.99. The summed E-state index contributed by atoms with van der Waals surface area (Å²) in [6, 6.07) is 22.6. The van der Waals surface area contributed by atoms with Crippen LogP contribution in [0.3, 0.4) is 0 Å². The maximum atomic E-state index is 13.1. The fraction of sp³-hybridized carbons (Fsp3) is 0.240. The summed E-state index contributed by atoms with van der Waals surface area (Å²) >= 11 is 0. The molecule has 1 amide bonds. The number of carbonyl (C=O) groups excluding carboxylic acids is 1. The lowest BCUT2D eigenvalue weighted by atomic mass is 9.98. The maximum Gasteiger partial charge on any atom is 0.242 e. The van der Waals surface area contributed by atoms with E-state index in [1.165, 1.54) is 0 Å². The molecule has 3 aromatic carbocycles. The van der Waals surface area contributed by atoms with Crippen LogP contribution in [-0.4, -0.2) is 33.3 Å². The predicted molar refractivity (Wildman–Crippen MR) is 122 cm³/mol. The van der Waals surface area contributed by atoms with E-state index in [1.807, 2.05) is 67.6 Å². The number of amides is 1. The lowest BCUT2D eigenvalue weighted by molar-refractivity contribution is -0.122. The molecule has 0 aliphatic rings. The molecule has 0 fully saturated rings. The molecule has 31 heavy (non-hydrogen) atoms. The van der Waals surface area contributed by atoms with Gasteiger partial charge in [0.25, 0.3) is 0 Å². The first-order valence-corrected chi connectivity index (χ1v) is 10.0. The molecule has 0 saturated carbocycles. The highest BCUT2D eigenvalue weighted by atomic mass is 16.5. The number of methoxy groups -OCH3 is 3. The van der Waals surface area contributed by atoms with E-state index >= 15 is 0 Å². The Labute approximate surface area is 183 Å². The van der Waals surface area contributed by atoms with Gasteiger partial charge in [-0.05, 0) is 18.1 Å². The Morgan fingerprint density at radius 3 is 1.68 bits per heavy atom. The molecule has 162 valence electrons. The fourth-order valence-electron chi connectivity index (χ4n) is 3.40. The number of benzene rings is 3. The first-order valence-electron chi connectivity index (χ1n) is 10.0. The number of nitrogens with one attached hydrogen (secondary N) is 2. The van der Waals surface area contributed by atoms with Crippen LogP contribution in [0.1, 0.15) is 24.1 Å². The molecule has 0 spiro atoms. The second-order valence-corrected chi connectivity index (χ2v) is 7.04. The lowest BCUT2D eigenvalue weighted by Crippen LogP contribution is -2.40. The Morgan fingerprint density at radius 2 is 1.26 bits per heavy atom. The van der Waals surface area contributed by atoms with E-state index in [0.717, 1.165) is 11.1 Å². The van der Waals surface area contributed by atoms with Crippen LogP contribution in [0.15, 0.2) is 72.8 Å². The summed E-state index contributed by atoms with van der Waals surface area (Å²) in [6.07, 6.45) is 0. The Bertz CT molecular complexity index is 928. The van der Waals surface area contributed by atoms with Crippen LogP contribution in [0.25, 0.3) is 0 Å². The van der Waals surface area contributed by atoms with Gasteiger partial charge in [-0.15, -0.1) is 0 Å². The maximum absolute atomic E-state index is 13.1. The van der Waals surface area contributed by atoms with Crippen LogP contribution < -0.4 is 24.8 Å². The van der Waals surface area contributed by atoms with E-state index in [1.54, 1.807) is 33.5 Å². The van der Waals surface area contributed by atoms with Gasteiger partial charge in [0.15, 0.2) is 11.5 Å². The predicted octanol–water partition coefficient (Wildman–Crippen LogP) is 4.42. The van der Waals surface area contributed by atoms with Crippen LogP contribution in [0.5, 0.6) is 17.2 Å². The molecule has 2 N–H and O–H groups in total. The molecule has 0 aliphatic heterocycles. The zero-order valence-electron chi connectivity index (χ0n) is 18.2. The van der Waals surface area contributed by atoms with E-state index in [4.69, 9.17) is 14.2 Å². The SMILES string of the molecule is COc1cc(N[C@@H](C)C(=O)NC(c2ccccc2)c2ccccc2)cc(OC)c1OC. The van der Waals surface area contributed by atoms with Crippen LogP contribution in [-0.2, 0) is 4.79 Å². The van der Waals surface area contributed by atoms with Crippen molar-refractivity contribution in [1.82, 2.24) is 5.32 Å². The van der Waals surface area contributed by atoms with E-state index in [-0.39, 0.29) is 11.9 Å². The van der Waals surface area contributed by atoms with Crippen molar-refractivity contribution in [3.8, 4) is 17.2 Å². The van der Waals surface area contributed by atoms with Gasteiger partial charge < -0.3 is 24.8 Å². The Morgan fingerprint density at radius 1 is 0.774 bits per heavy atom. The first-order chi connectivity index (χ1) is 15.1. The standard InChI is InChI=1S/C25H28N2O4/c1-17(26-20-15-21(29-2)24(31-4)22(16-20)30-3)25(28)27-23(18-11-7-5-8-12-18)19-13-9-6-10-14-19/h5-17,23,26H,1-4H3,(H,27,28)/t17-/m0/s1. The molecule has 0 aliphatic carbocycles. The summed E-state index contributed by atoms with van der Waals surface area (Å²) < 4.78 is 16.2. The fourth-order valence-corrected chi connectivity index (χ4v) is 3.40. The van der Waals surface area contributed by atoms with E-state index in [0.29, 0.717) is 22.9 Å². The van der Waals surface area contributed by atoms with Crippen molar-refractivity contribution >= 4 is 11.6 Å². The van der Waals surface area contributed by atoms with Gasteiger partial charge in [0.1, 0.15) is 6.04 Å². The summed E-state index contributed by atoms with van der Waals surface area (Å²) in [5.41, 5.74) is 2.72. The number of hydrogen-bond donors (Lipinski definition) is 2. The van der Waals surface area contributed by atoms with Crippen molar-refractivity contribution in [2.45, 2.75) is 19.0 Å². The highest BCUT2D eigenvalue weighted by molar-refractivity contribution is 5.85. The zero-order valence-corrected chi connectivity index (χ0v) is 18.2. The normalized spacial score (nSPS) is 11.5. The van der Waals surface area contributed by atoms with E-state index in [2.05, 4.69) is 10.6 Å². The molecule has 0 heterocycles. The number of anilines is 1. The third-order valence-corrected chi connectivity index (χ3v) is 4.99. The number of hydrogen-bond acceptors (Lipinski definition) is 5. The van der Waals surface area contributed by atoms with Crippen LogP contribution in [0.2, 0.25) is 0 Å². The van der Waals surface area contributed by atoms with Crippen LogP contribution in [0.4, 0.5) is 5.69 Å². The highest BCUT2D eigenvalue weighted by Gasteiger charge is 2.21. The highest BCUT2D eigenvalue weighted by Crippen LogP contribution is 2.40. The van der Waals surface area contributed by atoms with E-state index in [9.17, 15) is 4.79 Å². The molecular weight excluding hydrogens is 392 g/mol. The van der Waals surface area contributed by atoms with Gasteiger partial charge in [-0.1, -0.05) is 60.7 Å². The molecule has 0 aromatic heterocycles. The lowest BCUT2D eigenvalue weighted by Gasteiger charge is -2.23. The largest absolute Gasteiger partial charge is 0.493 e. The van der Waals surface area contributed by atoms with Crippen molar-refractivity contribution in [2.75, 3.05) is 26.6 Å². The third kappa shape index (κ3) is 5.28. The molecule has 6 heteroatoms. The molecule has 0 radical (unpaired) electrons. The summed E-state index contributed by atoms with van der Waals surface area (Å²) in [6.45, 7) is 1.81. The minimum absolute atomic E-state index is 0.133. The van der Waals surface area contributed by atoms with Crippen molar-refractivity contribution < 1.29 is 19.0 Å². The zero-order chi connectivity index (χ0) is 22.2. The minimum Gasteiger partial charge on any atom is -0.493 e. The van der Waals surface area contributed by atoms with Gasteiger partial charge in [0, 0.05) is 17.8 Å². The molecular formula is C25H28N2O4. The van der Waals surface area contributed by atoms with Crippen molar-refractivity contribution in [1.29, 1.82) is 0 Å². The Balaban J connectivity index is 1.80. The average Bonchev–Trinajstić information content (AvgIpc) is 2.82. The monoisotopic (exact) mass is 420 g/mol. The van der Waals surface area contributed by atoms with Gasteiger partial charge in [-0.3, -0.25) is 4.79 Å². The molecule has 3 aromatic rings. The summed E-state index contributed by atoms with van der Waals surface area (Å²) in [7, 11) is 4.67. The summed E-state index contributed by atoms with van der Waals surface area (Å²) in [4.78, 5) is 13.1. The number of ether oxygens (including phenoxy) is 3. The second-order valence-electron chi connectivity index (χ2n) is 7.04. The quantitative estimate of drug-likeness (QED) is 0.536. The molecule has 1 atom stereocenters. The topological polar surface area (TPSA) is 68.8 Å². The van der Waals surface area contributed by atoms with Gasteiger partial charge in [-0.25, -0.2) is 0 Å². The van der Waals surface area contributed by atoms with Gasteiger partial charge in [0.05, 0.1) is 27.4 Å². The summed E-state index contributed by atoms with van der Waals surface area (Å²) in [5.74, 6) is 1.40. The minimum atomic E-state index is -0.502. The molecule has 0 unspecified atom stereocenters. The molecule has 6 nitrogen and oxygen atoms in total. The Kier molecular flexibility index (Phi) is 7.38. The second kappa shape index (κ2) is 10.4. The van der Waals surface area contributed by atoms with Crippen molar-refractivity contribution in [3.63, 3.8) is 0 Å². The first kappa shape index (κ1) is 22.0. The molecule has 3 rings (SSSR count). The van der Waals surface area contributed by atoms with Crippen molar-refractivity contribution in [2.24, 2.45) is 0 Å².